The lowest BCUT2D eigenvalue weighted by Crippen LogP contribution is -2.01. The number of para-hydroxylation sites is 1. The van der Waals surface area contributed by atoms with Crippen molar-refractivity contribution < 1.29 is 4.39 Å². The maximum Gasteiger partial charge on any atom is 0.146 e. The van der Waals surface area contributed by atoms with Gasteiger partial charge in [-0.2, -0.15) is 5.26 Å². The number of pyridine rings is 1. The zero-order chi connectivity index (χ0) is 16.1. The summed E-state index contributed by atoms with van der Waals surface area (Å²) in [6.07, 6.45) is 4.73. The van der Waals surface area contributed by atoms with Crippen LogP contribution in [-0.4, -0.2) is 9.97 Å². The first-order valence-electron chi connectivity index (χ1n) is 6.75. The van der Waals surface area contributed by atoms with Crippen molar-refractivity contribution in [1.82, 2.24) is 9.97 Å². The highest BCUT2D eigenvalue weighted by molar-refractivity contribution is 7.13. The van der Waals surface area contributed by atoms with E-state index in [2.05, 4.69) is 15.3 Å². The molecule has 0 aliphatic heterocycles. The molecule has 1 aromatic carbocycles. The Morgan fingerprint density at radius 2 is 2.13 bits per heavy atom. The smallest absolute Gasteiger partial charge is 0.146 e. The fourth-order valence-electron chi connectivity index (χ4n) is 1.97. The highest BCUT2D eigenvalue weighted by Crippen LogP contribution is 2.27. The summed E-state index contributed by atoms with van der Waals surface area (Å²) in [4.78, 5) is 8.56. The molecule has 6 heteroatoms. The molecule has 2 aromatic heterocycles. The molecule has 0 saturated carbocycles. The molecule has 0 aliphatic rings. The van der Waals surface area contributed by atoms with Crippen LogP contribution in [0.4, 0.5) is 10.1 Å². The fraction of sp³-hybridized carbons (Fsp3) is 0. The molecule has 1 N–H and O–H groups in total. The molecule has 0 amide bonds. The van der Waals surface area contributed by atoms with Crippen molar-refractivity contribution in [2.75, 3.05) is 5.32 Å². The SMILES string of the molecule is N#C/C=C(/Nc1ccccc1F)c1csc(-c2cccnc2)n1. The summed E-state index contributed by atoms with van der Waals surface area (Å²) in [6, 6.07) is 12.0. The number of anilines is 1. The van der Waals surface area contributed by atoms with Crippen LogP contribution in [0.5, 0.6) is 0 Å². The van der Waals surface area contributed by atoms with E-state index in [-0.39, 0.29) is 5.82 Å². The molecule has 4 nitrogen and oxygen atoms in total. The third-order valence-corrected chi connectivity index (χ3v) is 3.93. The highest BCUT2D eigenvalue weighted by Gasteiger charge is 2.11. The minimum Gasteiger partial charge on any atom is -0.351 e. The molecule has 3 aromatic rings. The van der Waals surface area contributed by atoms with Gasteiger partial charge in [0, 0.05) is 29.4 Å². The largest absolute Gasteiger partial charge is 0.351 e. The Labute approximate surface area is 136 Å². The lowest BCUT2D eigenvalue weighted by molar-refractivity contribution is 0.632. The number of nitrogens with zero attached hydrogens (tertiary/aromatic N) is 3. The monoisotopic (exact) mass is 322 g/mol. The summed E-state index contributed by atoms with van der Waals surface area (Å²) < 4.78 is 13.8. The number of hydrogen-bond acceptors (Lipinski definition) is 5. The van der Waals surface area contributed by atoms with E-state index in [0.717, 1.165) is 10.6 Å². The number of benzene rings is 1. The standard InChI is InChI=1S/C17H11FN4S/c18-13-5-1-2-6-14(13)21-15(7-8-19)16-11-23-17(22-16)12-4-3-9-20-10-12/h1-7,9-11,21H/b15-7+. The van der Waals surface area contributed by atoms with Crippen LogP contribution < -0.4 is 5.32 Å². The molecule has 0 unspecified atom stereocenters. The van der Waals surface area contributed by atoms with Crippen molar-refractivity contribution in [1.29, 1.82) is 5.26 Å². The van der Waals surface area contributed by atoms with Crippen molar-refractivity contribution in [2.24, 2.45) is 0 Å². The Balaban J connectivity index is 1.92. The molecule has 0 fully saturated rings. The van der Waals surface area contributed by atoms with E-state index in [4.69, 9.17) is 5.26 Å². The zero-order valence-corrected chi connectivity index (χ0v) is 12.7. The van der Waals surface area contributed by atoms with Gasteiger partial charge in [-0.05, 0) is 24.3 Å². The lowest BCUT2D eigenvalue weighted by atomic mass is 10.2. The summed E-state index contributed by atoms with van der Waals surface area (Å²) in [7, 11) is 0. The van der Waals surface area contributed by atoms with Gasteiger partial charge in [0.2, 0.25) is 0 Å². The Morgan fingerprint density at radius 1 is 1.26 bits per heavy atom. The van der Waals surface area contributed by atoms with Crippen molar-refractivity contribution in [2.45, 2.75) is 0 Å². The van der Waals surface area contributed by atoms with Gasteiger partial charge in [0.1, 0.15) is 10.8 Å². The Morgan fingerprint density at radius 3 is 2.87 bits per heavy atom. The van der Waals surface area contributed by atoms with Crippen LogP contribution in [-0.2, 0) is 0 Å². The summed E-state index contributed by atoms with van der Waals surface area (Å²) in [5.41, 5.74) is 2.22. The van der Waals surface area contributed by atoms with Gasteiger partial charge in [-0.3, -0.25) is 4.98 Å². The lowest BCUT2D eigenvalue weighted by Gasteiger charge is -2.08. The van der Waals surface area contributed by atoms with Crippen LogP contribution >= 0.6 is 11.3 Å². The van der Waals surface area contributed by atoms with E-state index in [1.165, 1.54) is 23.5 Å². The van der Waals surface area contributed by atoms with E-state index in [1.54, 1.807) is 30.6 Å². The second-order valence-electron chi connectivity index (χ2n) is 4.57. The van der Waals surface area contributed by atoms with Gasteiger partial charge in [-0.25, -0.2) is 9.37 Å². The maximum absolute atomic E-state index is 13.8. The maximum atomic E-state index is 13.8. The average molecular weight is 322 g/mol. The van der Waals surface area contributed by atoms with Crippen LogP contribution in [0.2, 0.25) is 0 Å². The third-order valence-electron chi connectivity index (χ3n) is 3.04. The molecule has 0 aliphatic carbocycles. The van der Waals surface area contributed by atoms with Gasteiger partial charge >= 0.3 is 0 Å². The predicted octanol–water partition coefficient (Wildman–Crippen LogP) is 4.32. The van der Waals surface area contributed by atoms with Gasteiger partial charge in [-0.15, -0.1) is 11.3 Å². The van der Waals surface area contributed by atoms with E-state index in [0.29, 0.717) is 17.1 Å². The second kappa shape index (κ2) is 6.81. The number of nitriles is 1. The summed E-state index contributed by atoms with van der Waals surface area (Å²) in [5, 5.41) is 14.5. The first kappa shape index (κ1) is 14.9. The van der Waals surface area contributed by atoms with Crippen molar-refractivity contribution >= 4 is 22.7 Å². The number of aromatic nitrogens is 2. The molecule has 0 radical (unpaired) electrons. The minimum absolute atomic E-state index is 0.296. The molecular formula is C17H11FN4S. The quantitative estimate of drug-likeness (QED) is 0.727. The van der Waals surface area contributed by atoms with E-state index in [1.807, 2.05) is 23.6 Å². The van der Waals surface area contributed by atoms with Gasteiger partial charge in [-0.1, -0.05) is 12.1 Å². The molecule has 3 rings (SSSR count). The minimum atomic E-state index is -0.390. The van der Waals surface area contributed by atoms with Gasteiger partial charge in [0.15, 0.2) is 0 Å². The Bertz CT molecular complexity index is 881. The summed E-state index contributed by atoms with van der Waals surface area (Å²) in [6.45, 7) is 0. The first-order valence-corrected chi connectivity index (χ1v) is 7.63. The molecule has 23 heavy (non-hydrogen) atoms. The molecule has 0 spiro atoms. The van der Waals surface area contributed by atoms with Crippen LogP contribution in [0.15, 0.2) is 60.2 Å². The summed E-state index contributed by atoms with van der Waals surface area (Å²) >= 11 is 1.44. The number of nitrogens with one attached hydrogen (secondary N) is 1. The van der Waals surface area contributed by atoms with Gasteiger partial charge < -0.3 is 5.32 Å². The molecular weight excluding hydrogens is 311 g/mol. The number of halogens is 1. The summed E-state index contributed by atoms with van der Waals surface area (Å²) in [5.74, 6) is -0.390. The number of hydrogen-bond donors (Lipinski definition) is 1. The average Bonchev–Trinajstić information content (AvgIpc) is 3.07. The first-order chi connectivity index (χ1) is 11.3. The van der Waals surface area contributed by atoms with Crippen LogP contribution in [0.3, 0.4) is 0 Å². The van der Waals surface area contributed by atoms with Crippen molar-refractivity contribution in [3.8, 4) is 16.6 Å². The van der Waals surface area contributed by atoms with Gasteiger partial charge in [0.25, 0.3) is 0 Å². The Kier molecular flexibility index (Phi) is 4.41. The Hall–Kier alpha value is -3.04. The van der Waals surface area contributed by atoms with E-state index in [9.17, 15) is 4.39 Å². The molecule has 0 bridgehead atoms. The van der Waals surface area contributed by atoms with Crippen molar-refractivity contribution in [3.63, 3.8) is 0 Å². The number of allylic oxidation sites excluding steroid dienone is 1. The molecule has 0 atom stereocenters. The van der Waals surface area contributed by atoms with Crippen molar-refractivity contribution in [3.05, 3.63) is 71.8 Å². The third kappa shape index (κ3) is 3.42. The highest BCUT2D eigenvalue weighted by atomic mass is 32.1. The van der Waals surface area contributed by atoms with E-state index < -0.39 is 0 Å². The van der Waals surface area contributed by atoms with E-state index >= 15 is 0 Å². The second-order valence-corrected chi connectivity index (χ2v) is 5.43. The predicted molar refractivity (Wildman–Crippen MR) is 89.0 cm³/mol. The van der Waals surface area contributed by atoms with Crippen LogP contribution in [0, 0.1) is 17.1 Å². The molecule has 112 valence electrons. The zero-order valence-electron chi connectivity index (χ0n) is 11.9. The molecule has 0 saturated heterocycles. The van der Waals surface area contributed by atoms with Crippen LogP contribution in [0.1, 0.15) is 5.69 Å². The number of rotatable bonds is 4. The van der Waals surface area contributed by atoms with Crippen LogP contribution in [0.25, 0.3) is 16.3 Å². The topological polar surface area (TPSA) is 61.6 Å². The van der Waals surface area contributed by atoms with Gasteiger partial charge in [0.05, 0.1) is 23.1 Å². The molecule has 2 heterocycles. The fourth-order valence-corrected chi connectivity index (χ4v) is 2.78. The normalized spacial score (nSPS) is 11.0. The number of thiazole rings is 1.